The zero-order valence-electron chi connectivity index (χ0n) is 13.0. The van der Waals surface area contributed by atoms with Crippen LogP contribution in [0.4, 0.5) is 0 Å². The van der Waals surface area contributed by atoms with E-state index in [0.29, 0.717) is 5.92 Å². The Morgan fingerprint density at radius 1 is 1.16 bits per heavy atom. The van der Waals surface area contributed by atoms with Crippen LogP contribution in [0, 0.1) is 33.6 Å². The van der Waals surface area contributed by atoms with Gasteiger partial charge in [0.15, 0.2) is 0 Å². The van der Waals surface area contributed by atoms with Crippen LogP contribution < -0.4 is 5.73 Å². The van der Waals surface area contributed by atoms with E-state index in [1.807, 2.05) is 0 Å². The first-order chi connectivity index (χ1) is 8.97. The summed E-state index contributed by atoms with van der Waals surface area (Å²) >= 11 is 0. The van der Waals surface area contributed by atoms with Gasteiger partial charge in [0, 0.05) is 5.41 Å². The fraction of sp³-hybridized carbons (Fsp3) is 0.647. The Kier molecular flexibility index (Phi) is 4.03. The summed E-state index contributed by atoms with van der Waals surface area (Å²) in [6.07, 6.45) is 1.12. The molecule has 1 saturated heterocycles. The summed E-state index contributed by atoms with van der Waals surface area (Å²) in [6, 6.07) is 2.30. The number of nitrogens with two attached hydrogens (primary N) is 1. The molecule has 19 heavy (non-hydrogen) atoms. The lowest BCUT2D eigenvalue weighted by atomic mass is 9.64. The zero-order valence-corrected chi connectivity index (χ0v) is 13.0. The van der Waals surface area contributed by atoms with Crippen molar-refractivity contribution in [2.45, 2.75) is 46.5 Å². The molecule has 0 spiro atoms. The van der Waals surface area contributed by atoms with Crippen LogP contribution in [-0.4, -0.2) is 19.8 Å². The third kappa shape index (κ3) is 2.11. The minimum absolute atomic E-state index is 0.147. The first kappa shape index (κ1) is 14.5. The SMILES string of the molecule is CCC(CN)C1(c2c(C)c(C)cc(C)c2C)COC1. The molecule has 1 aromatic rings. The molecule has 0 saturated carbocycles. The van der Waals surface area contributed by atoms with Gasteiger partial charge in [-0.3, -0.25) is 0 Å². The van der Waals surface area contributed by atoms with E-state index in [0.717, 1.165) is 26.2 Å². The van der Waals surface area contributed by atoms with Gasteiger partial charge in [0.05, 0.1) is 13.2 Å². The molecule has 0 amide bonds. The molecule has 0 bridgehead atoms. The Hall–Kier alpha value is -0.860. The molecule has 1 aliphatic rings. The average molecular weight is 261 g/mol. The number of rotatable bonds is 4. The second kappa shape index (κ2) is 5.26. The van der Waals surface area contributed by atoms with Crippen LogP contribution in [0.15, 0.2) is 6.07 Å². The lowest BCUT2D eigenvalue weighted by molar-refractivity contribution is -0.0904. The largest absolute Gasteiger partial charge is 0.379 e. The maximum absolute atomic E-state index is 6.04. The summed E-state index contributed by atoms with van der Waals surface area (Å²) in [6.45, 7) is 13.6. The van der Waals surface area contributed by atoms with Crippen molar-refractivity contribution in [2.75, 3.05) is 19.8 Å². The molecule has 1 atom stereocenters. The molecule has 0 aliphatic carbocycles. The van der Waals surface area contributed by atoms with Gasteiger partial charge in [-0.1, -0.05) is 19.4 Å². The Balaban J connectivity index is 2.62. The van der Waals surface area contributed by atoms with E-state index in [-0.39, 0.29) is 5.41 Å². The number of hydrogen-bond acceptors (Lipinski definition) is 2. The number of benzene rings is 1. The van der Waals surface area contributed by atoms with Crippen molar-refractivity contribution in [3.63, 3.8) is 0 Å². The maximum Gasteiger partial charge on any atom is 0.0589 e. The molecule has 2 nitrogen and oxygen atoms in total. The second-order valence-electron chi connectivity index (χ2n) is 6.13. The van der Waals surface area contributed by atoms with E-state index in [1.165, 1.54) is 27.8 Å². The van der Waals surface area contributed by atoms with Crippen molar-refractivity contribution >= 4 is 0 Å². The number of ether oxygens (including phenoxy) is 1. The average Bonchev–Trinajstić information content (AvgIpc) is 2.33. The van der Waals surface area contributed by atoms with Gasteiger partial charge in [0.25, 0.3) is 0 Å². The fourth-order valence-electron chi connectivity index (χ4n) is 3.65. The third-order valence-corrected chi connectivity index (χ3v) is 5.14. The lowest BCUT2D eigenvalue weighted by Crippen LogP contribution is -2.55. The zero-order chi connectivity index (χ0) is 14.2. The van der Waals surface area contributed by atoms with Crippen LogP contribution in [0.25, 0.3) is 0 Å². The van der Waals surface area contributed by atoms with Crippen LogP contribution in [-0.2, 0) is 10.2 Å². The summed E-state index contributed by atoms with van der Waals surface area (Å²) in [4.78, 5) is 0. The van der Waals surface area contributed by atoms with Crippen LogP contribution in [0.2, 0.25) is 0 Å². The van der Waals surface area contributed by atoms with Gasteiger partial charge in [-0.25, -0.2) is 0 Å². The standard InChI is InChI=1S/C17H27NO/c1-6-15(8-18)17(9-19-10-17)16-13(4)11(2)7-12(3)14(16)5/h7,15H,6,8-10,18H2,1-5H3. The Morgan fingerprint density at radius 3 is 2.00 bits per heavy atom. The summed E-state index contributed by atoms with van der Waals surface area (Å²) < 4.78 is 5.61. The van der Waals surface area contributed by atoms with Crippen LogP contribution in [0.5, 0.6) is 0 Å². The van der Waals surface area contributed by atoms with Crippen LogP contribution in [0.1, 0.15) is 41.2 Å². The highest BCUT2D eigenvalue weighted by molar-refractivity contribution is 5.49. The fourth-order valence-corrected chi connectivity index (χ4v) is 3.65. The van der Waals surface area contributed by atoms with Gasteiger partial charge >= 0.3 is 0 Å². The van der Waals surface area contributed by atoms with Crippen molar-refractivity contribution in [1.29, 1.82) is 0 Å². The molecule has 0 aromatic heterocycles. The summed E-state index contributed by atoms with van der Waals surface area (Å²) in [7, 11) is 0. The van der Waals surface area contributed by atoms with Gasteiger partial charge in [-0.05, 0) is 68.0 Å². The number of aryl methyl sites for hydroxylation is 2. The maximum atomic E-state index is 6.04. The van der Waals surface area contributed by atoms with E-state index >= 15 is 0 Å². The summed E-state index contributed by atoms with van der Waals surface area (Å²) in [5, 5.41) is 0. The predicted octanol–water partition coefficient (Wildman–Crippen LogP) is 3.17. The molecule has 0 radical (unpaired) electrons. The van der Waals surface area contributed by atoms with Gasteiger partial charge in [-0.2, -0.15) is 0 Å². The predicted molar refractivity (Wildman–Crippen MR) is 80.7 cm³/mol. The molecule has 1 aliphatic heterocycles. The first-order valence-electron chi connectivity index (χ1n) is 7.33. The smallest absolute Gasteiger partial charge is 0.0589 e. The monoisotopic (exact) mass is 261 g/mol. The Bertz CT molecular complexity index is 444. The van der Waals surface area contributed by atoms with Gasteiger partial charge < -0.3 is 10.5 Å². The van der Waals surface area contributed by atoms with E-state index in [2.05, 4.69) is 40.7 Å². The highest BCUT2D eigenvalue weighted by Gasteiger charge is 2.47. The van der Waals surface area contributed by atoms with E-state index < -0.39 is 0 Å². The summed E-state index contributed by atoms with van der Waals surface area (Å²) in [5.74, 6) is 0.514. The molecule has 1 fully saturated rings. The minimum atomic E-state index is 0.147. The molecule has 2 rings (SSSR count). The van der Waals surface area contributed by atoms with Crippen LogP contribution in [0.3, 0.4) is 0 Å². The molecule has 2 N–H and O–H groups in total. The van der Waals surface area contributed by atoms with Gasteiger partial charge in [0.1, 0.15) is 0 Å². The molecule has 106 valence electrons. The third-order valence-electron chi connectivity index (χ3n) is 5.14. The van der Waals surface area contributed by atoms with Crippen molar-refractivity contribution in [3.8, 4) is 0 Å². The number of hydrogen-bond donors (Lipinski definition) is 1. The lowest BCUT2D eigenvalue weighted by Gasteiger charge is -2.49. The first-order valence-corrected chi connectivity index (χ1v) is 7.33. The molecular weight excluding hydrogens is 234 g/mol. The topological polar surface area (TPSA) is 35.2 Å². The molecule has 1 heterocycles. The van der Waals surface area contributed by atoms with E-state index in [1.54, 1.807) is 0 Å². The van der Waals surface area contributed by atoms with Gasteiger partial charge in [0.2, 0.25) is 0 Å². The van der Waals surface area contributed by atoms with Crippen molar-refractivity contribution in [3.05, 3.63) is 33.9 Å². The van der Waals surface area contributed by atoms with Crippen LogP contribution >= 0.6 is 0 Å². The second-order valence-corrected chi connectivity index (χ2v) is 6.13. The van der Waals surface area contributed by atoms with E-state index in [4.69, 9.17) is 10.5 Å². The molecule has 2 heteroatoms. The highest BCUT2D eigenvalue weighted by Crippen LogP contribution is 2.44. The minimum Gasteiger partial charge on any atom is -0.379 e. The Labute approximate surface area is 117 Å². The normalized spacial score (nSPS) is 19.1. The van der Waals surface area contributed by atoms with Gasteiger partial charge in [-0.15, -0.1) is 0 Å². The Morgan fingerprint density at radius 2 is 1.68 bits per heavy atom. The molecule has 1 aromatic carbocycles. The molecule has 1 unspecified atom stereocenters. The summed E-state index contributed by atoms with van der Waals surface area (Å²) in [5.41, 5.74) is 13.3. The van der Waals surface area contributed by atoms with E-state index in [9.17, 15) is 0 Å². The molecular formula is C17H27NO. The highest BCUT2D eigenvalue weighted by atomic mass is 16.5. The van der Waals surface area contributed by atoms with Crippen molar-refractivity contribution in [2.24, 2.45) is 11.7 Å². The van der Waals surface area contributed by atoms with Crippen molar-refractivity contribution < 1.29 is 4.74 Å². The van der Waals surface area contributed by atoms with Crippen molar-refractivity contribution in [1.82, 2.24) is 0 Å². The quantitative estimate of drug-likeness (QED) is 0.903.